The van der Waals surface area contributed by atoms with Crippen molar-refractivity contribution in [3.05, 3.63) is 31.3 Å². The quantitative estimate of drug-likeness (QED) is 0.764. The van der Waals surface area contributed by atoms with Crippen molar-refractivity contribution in [1.29, 1.82) is 0 Å². The summed E-state index contributed by atoms with van der Waals surface area (Å²) in [6.45, 7) is 2.02. The number of anilines is 1. The minimum Gasteiger partial charge on any atom is -0.375 e. The Morgan fingerprint density at radius 1 is 1.65 bits per heavy atom. The van der Waals surface area contributed by atoms with Gasteiger partial charge in [-0.1, -0.05) is 22.7 Å². The van der Waals surface area contributed by atoms with Crippen LogP contribution in [0.25, 0.3) is 0 Å². The molecule has 0 spiro atoms. The Hall–Kier alpha value is -1.67. The lowest BCUT2D eigenvalue weighted by atomic mass is 10.3. The highest BCUT2D eigenvalue weighted by atomic mass is 32.1. The molecule has 17 heavy (non-hydrogen) atoms. The van der Waals surface area contributed by atoms with Crippen LogP contribution in [0.5, 0.6) is 0 Å². The van der Waals surface area contributed by atoms with E-state index in [0.29, 0.717) is 21.4 Å². The molecule has 0 saturated carbocycles. The van der Waals surface area contributed by atoms with Crippen molar-refractivity contribution >= 4 is 33.7 Å². The smallest absolute Gasteiger partial charge is 0.304 e. The van der Waals surface area contributed by atoms with E-state index in [0.717, 1.165) is 22.7 Å². The van der Waals surface area contributed by atoms with E-state index in [1.54, 1.807) is 12.3 Å². The van der Waals surface area contributed by atoms with Crippen LogP contribution in [-0.2, 0) is 6.54 Å². The number of nitrogens with two attached hydrogens (primary N) is 1. The zero-order valence-electron chi connectivity index (χ0n) is 8.94. The van der Waals surface area contributed by atoms with E-state index >= 15 is 0 Å². The van der Waals surface area contributed by atoms with Crippen LogP contribution in [0.15, 0.2) is 10.2 Å². The Morgan fingerprint density at radius 2 is 2.41 bits per heavy atom. The fourth-order valence-electron chi connectivity index (χ4n) is 1.28. The highest BCUT2D eigenvalue weighted by Gasteiger charge is 2.13. The maximum absolute atomic E-state index is 11.8. The molecule has 2 heterocycles. The minimum atomic E-state index is -0.233. The third-order valence-electron chi connectivity index (χ3n) is 2.03. The molecule has 0 fully saturated rings. The second kappa shape index (κ2) is 4.68. The van der Waals surface area contributed by atoms with E-state index in [2.05, 4.69) is 15.3 Å². The fraction of sp³-hybridized carbons (Fsp3) is 0.222. The topological polar surface area (TPSA) is 101 Å². The number of carbonyl (C=O) groups excluding carboxylic acids is 1. The lowest BCUT2D eigenvalue weighted by molar-refractivity contribution is 0.0953. The van der Waals surface area contributed by atoms with Crippen LogP contribution in [0.2, 0.25) is 0 Å². The Morgan fingerprint density at radius 3 is 2.94 bits per heavy atom. The van der Waals surface area contributed by atoms with Crippen LogP contribution >= 0.6 is 22.7 Å². The lowest BCUT2D eigenvalue weighted by Gasteiger charge is -2.01. The van der Waals surface area contributed by atoms with Gasteiger partial charge in [-0.15, -0.1) is 0 Å². The summed E-state index contributed by atoms with van der Waals surface area (Å²) in [7, 11) is 0. The highest BCUT2D eigenvalue weighted by Crippen LogP contribution is 2.19. The monoisotopic (exact) mass is 270 g/mol. The third-order valence-corrected chi connectivity index (χ3v) is 3.73. The van der Waals surface area contributed by atoms with E-state index in [9.17, 15) is 9.59 Å². The Kier molecular flexibility index (Phi) is 3.25. The summed E-state index contributed by atoms with van der Waals surface area (Å²) in [6, 6.07) is 0. The first-order valence-electron chi connectivity index (χ1n) is 4.74. The molecular weight excluding hydrogens is 260 g/mol. The number of nitrogens with zero attached hydrogens (tertiary/aromatic N) is 1. The second-order valence-corrected chi connectivity index (χ2v) is 5.20. The summed E-state index contributed by atoms with van der Waals surface area (Å²) in [6.07, 6.45) is 0. The number of nitrogen functional groups attached to an aromatic ring is 1. The number of aromatic nitrogens is 2. The van der Waals surface area contributed by atoms with Crippen molar-refractivity contribution in [3.8, 4) is 0 Å². The van der Waals surface area contributed by atoms with Gasteiger partial charge in [-0.25, -0.2) is 4.98 Å². The van der Waals surface area contributed by atoms with E-state index in [1.165, 1.54) is 0 Å². The van der Waals surface area contributed by atoms with Crippen LogP contribution in [-0.4, -0.2) is 15.9 Å². The van der Waals surface area contributed by atoms with Gasteiger partial charge >= 0.3 is 4.87 Å². The minimum absolute atomic E-state index is 0.132. The Bertz CT molecular complexity index is 598. The van der Waals surface area contributed by atoms with Gasteiger partial charge in [0.05, 0.1) is 12.2 Å². The van der Waals surface area contributed by atoms with Gasteiger partial charge in [-0.3, -0.25) is 9.59 Å². The molecule has 4 N–H and O–H groups in total. The zero-order chi connectivity index (χ0) is 12.4. The van der Waals surface area contributed by atoms with Crippen molar-refractivity contribution in [2.75, 3.05) is 5.73 Å². The first-order chi connectivity index (χ1) is 8.06. The number of thiazole rings is 2. The number of rotatable bonds is 3. The van der Waals surface area contributed by atoms with Gasteiger partial charge < -0.3 is 16.0 Å². The number of hydrogen-bond donors (Lipinski definition) is 3. The molecule has 0 atom stereocenters. The first-order valence-corrected chi connectivity index (χ1v) is 6.43. The molecular formula is C9H10N4O2S2. The maximum Gasteiger partial charge on any atom is 0.304 e. The van der Waals surface area contributed by atoms with Crippen LogP contribution in [0, 0.1) is 6.92 Å². The second-order valence-electron chi connectivity index (χ2n) is 3.32. The molecule has 0 unspecified atom stereocenters. The largest absolute Gasteiger partial charge is 0.375 e. The SMILES string of the molecule is Cc1nc(N)sc1C(=O)NCc1csc(=O)[nH]1. The molecule has 0 aliphatic rings. The predicted molar refractivity (Wildman–Crippen MR) is 67.4 cm³/mol. The third kappa shape index (κ3) is 2.71. The standard InChI is InChI=1S/C9H10N4O2S2/c1-4-6(17-8(10)12-4)7(14)11-2-5-3-16-9(15)13-5/h3H,2H2,1H3,(H2,10,12)(H,11,14)(H,13,15). The van der Waals surface area contributed by atoms with Crippen molar-refractivity contribution in [2.45, 2.75) is 13.5 Å². The van der Waals surface area contributed by atoms with Crippen molar-refractivity contribution in [1.82, 2.24) is 15.3 Å². The summed E-state index contributed by atoms with van der Waals surface area (Å²) >= 11 is 2.22. The van der Waals surface area contributed by atoms with Gasteiger partial charge in [-0.2, -0.15) is 0 Å². The molecule has 2 aromatic rings. The van der Waals surface area contributed by atoms with Gasteiger partial charge in [0.15, 0.2) is 5.13 Å². The summed E-state index contributed by atoms with van der Waals surface area (Å²) in [5.74, 6) is -0.233. The first kappa shape index (κ1) is 11.8. The van der Waals surface area contributed by atoms with Gasteiger partial charge in [0.1, 0.15) is 4.88 Å². The average Bonchev–Trinajstić information content (AvgIpc) is 2.81. The maximum atomic E-state index is 11.8. The molecule has 0 aromatic carbocycles. The molecule has 1 amide bonds. The summed E-state index contributed by atoms with van der Waals surface area (Å²) in [4.78, 5) is 29.6. The van der Waals surface area contributed by atoms with E-state index in [-0.39, 0.29) is 17.3 Å². The van der Waals surface area contributed by atoms with Crippen LogP contribution in [0.4, 0.5) is 5.13 Å². The molecule has 0 aliphatic carbocycles. The summed E-state index contributed by atoms with van der Waals surface area (Å²) in [5.41, 5.74) is 6.81. The molecule has 90 valence electrons. The van der Waals surface area contributed by atoms with Crippen LogP contribution in [0.1, 0.15) is 21.1 Å². The molecule has 0 saturated heterocycles. The number of carbonyl (C=O) groups is 1. The van der Waals surface area contributed by atoms with E-state index in [4.69, 9.17) is 5.73 Å². The van der Waals surface area contributed by atoms with Gasteiger partial charge in [0.2, 0.25) is 0 Å². The molecule has 0 aliphatic heterocycles. The van der Waals surface area contributed by atoms with E-state index in [1.807, 2.05) is 0 Å². The number of aromatic amines is 1. The summed E-state index contributed by atoms with van der Waals surface area (Å²) < 4.78 is 0. The highest BCUT2D eigenvalue weighted by molar-refractivity contribution is 7.17. The summed E-state index contributed by atoms with van der Waals surface area (Å²) in [5, 5.41) is 4.74. The van der Waals surface area contributed by atoms with Gasteiger partial charge in [0, 0.05) is 11.1 Å². The van der Waals surface area contributed by atoms with Crippen molar-refractivity contribution in [2.24, 2.45) is 0 Å². The normalized spacial score (nSPS) is 10.4. The van der Waals surface area contributed by atoms with E-state index < -0.39 is 0 Å². The number of nitrogens with one attached hydrogen (secondary N) is 2. The Labute approximate surface area is 105 Å². The predicted octanol–water partition coefficient (Wildman–Crippen LogP) is 0.714. The molecule has 2 aromatic heterocycles. The fourth-order valence-corrected chi connectivity index (χ4v) is 2.62. The Balaban J connectivity index is 2.02. The number of H-pyrrole nitrogens is 1. The molecule has 0 radical (unpaired) electrons. The number of hydrogen-bond acceptors (Lipinski definition) is 6. The van der Waals surface area contributed by atoms with Crippen LogP contribution in [0.3, 0.4) is 0 Å². The van der Waals surface area contributed by atoms with Gasteiger partial charge in [0.25, 0.3) is 5.91 Å². The zero-order valence-corrected chi connectivity index (χ0v) is 10.6. The molecule has 2 rings (SSSR count). The average molecular weight is 270 g/mol. The number of amides is 1. The van der Waals surface area contributed by atoms with Gasteiger partial charge in [-0.05, 0) is 6.92 Å². The molecule has 8 heteroatoms. The van der Waals surface area contributed by atoms with Crippen LogP contribution < -0.4 is 15.9 Å². The number of aryl methyl sites for hydroxylation is 1. The van der Waals surface area contributed by atoms with Crippen molar-refractivity contribution < 1.29 is 4.79 Å². The lowest BCUT2D eigenvalue weighted by Crippen LogP contribution is -2.23. The molecule has 0 bridgehead atoms. The molecule has 6 nitrogen and oxygen atoms in total. The van der Waals surface area contributed by atoms with Crippen molar-refractivity contribution in [3.63, 3.8) is 0 Å².